The van der Waals surface area contributed by atoms with Crippen LogP contribution in [0.3, 0.4) is 0 Å². The summed E-state index contributed by atoms with van der Waals surface area (Å²) in [6.07, 6.45) is 8.04. The van der Waals surface area contributed by atoms with E-state index in [1.54, 1.807) is 7.11 Å². The number of hydrogen-bond acceptors (Lipinski definition) is 3. The van der Waals surface area contributed by atoms with Crippen molar-refractivity contribution in [3.8, 4) is 16.9 Å². The Balaban J connectivity index is 0.00000228. The van der Waals surface area contributed by atoms with Crippen molar-refractivity contribution in [1.29, 1.82) is 0 Å². The van der Waals surface area contributed by atoms with Gasteiger partial charge in [-0.05, 0) is 66.3 Å². The largest absolute Gasteiger partial charge is 0.494 e. The maximum absolute atomic E-state index is 5.89. The van der Waals surface area contributed by atoms with Crippen LogP contribution in [0.2, 0.25) is 0 Å². The Hall–Kier alpha value is -3.86. The van der Waals surface area contributed by atoms with Crippen molar-refractivity contribution in [2.45, 2.75) is 0 Å². The number of benzene rings is 1. The van der Waals surface area contributed by atoms with Gasteiger partial charge in [-0.1, -0.05) is 30.3 Å². The molecule has 162 valence electrons. The van der Waals surface area contributed by atoms with Gasteiger partial charge >= 0.3 is 0 Å². The van der Waals surface area contributed by atoms with Crippen LogP contribution in [-0.2, 0) is 17.1 Å². The van der Waals surface area contributed by atoms with E-state index in [4.69, 9.17) is 9.72 Å². The summed E-state index contributed by atoms with van der Waals surface area (Å²) >= 11 is 0. The van der Waals surface area contributed by atoms with Crippen LogP contribution >= 0.6 is 0 Å². The number of aromatic amines is 2. The van der Waals surface area contributed by atoms with E-state index in [-0.39, 0.29) is 17.1 Å². The van der Waals surface area contributed by atoms with Crippen molar-refractivity contribution >= 4 is 46.4 Å². The number of nitrogens with zero attached hydrogens (tertiary/aromatic N) is 2. The molecule has 0 spiro atoms. The molecule has 3 aromatic heterocycles. The van der Waals surface area contributed by atoms with E-state index < -0.39 is 0 Å². The second-order valence-electron chi connectivity index (χ2n) is 7.76. The average molecular weight is 472 g/mol. The molecule has 5 nitrogen and oxygen atoms in total. The van der Waals surface area contributed by atoms with Crippen molar-refractivity contribution in [3.63, 3.8) is 0 Å². The molecule has 0 aliphatic carbocycles. The van der Waals surface area contributed by atoms with Crippen molar-refractivity contribution in [3.05, 3.63) is 89.5 Å². The molecule has 33 heavy (non-hydrogen) atoms. The first-order valence-electron chi connectivity index (χ1n) is 10.5. The van der Waals surface area contributed by atoms with Crippen molar-refractivity contribution < 1.29 is 21.8 Å². The first-order valence-corrected chi connectivity index (χ1v) is 10.5. The van der Waals surface area contributed by atoms with Gasteiger partial charge in [0.25, 0.3) is 0 Å². The Bertz CT molecular complexity index is 1560. The van der Waals surface area contributed by atoms with E-state index in [9.17, 15) is 0 Å². The molecule has 1 aromatic carbocycles. The summed E-state index contributed by atoms with van der Waals surface area (Å²) in [6.45, 7) is 0. The minimum absolute atomic E-state index is 0. The predicted octanol–water partition coefficient (Wildman–Crippen LogP) is 6.33. The molecule has 2 aliphatic heterocycles. The van der Waals surface area contributed by atoms with E-state index >= 15 is 0 Å². The third-order valence-electron chi connectivity index (χ3n) is 5.57. The van der Waals surface area contributed by atoms with Crippen LogP contribution in [0.15, 0.2) is 66.7 Å². The topological polar surface area (TPSA) is 66.6 Å². The average Bonchev–Trinajstić information content (AvgIpc) is 3.58. The molecule has 0 unspecified atom stereocenters. The summed E-state index contributed by atoms with van der Waals surface area (Å²) in [6, 6.07) is 22.5. The first kappa shape index (κ1) is 21.0. The predicted molar refractivity (Wildman–Crippen MR) is 131 cm³/mol. The molecule has 2 aliphatic rings. The maximum atomic E-state index is 5.89. The number of methoxy groups -OCH3 is 1. The van der Waals surface area contributed by atoms with Gasteiger partial charge in [-0.25, -0.2) is 9.97 Å². The van der Waals surface area contributed by atoms with E-state index in [0.717, 1.165) is 61.7 Å². The second kappa shape index (κ2) is 8.58. The van der Waals surface area contributed by atoms with Gasteiger partial charge in [-0.2, -0.15) is 0 Å². The summed E-state index contributed by atoms with van der Waals surface area (Å²) < 4.78 is 5.89. The van der Waals surface area contributed by atoms with E-state index in [1.807, 2.05) is 60.7 Å². The zero-order chi connectivity index (χ0) is 21.5. The molecule has 0 fully saturated rings. The monoisotopic (exact) mass is 472 g/mol. The van der Waals surface area contributed by atoms with Crippen LogP contribution in [0, 0.1) is 0 Å². The molecule has 6 heteroatoms. The molecule has 0 radical (unpaired) electrons. The fraction of sp³-hybridized carbons (Fsp3) is 0.0370. The summed E-state index contributed by atoms with van der Waals surface area (Å²) in [4.78, 5) is 16.4. The standard InChI is InChI=1S/C27H20N4O.Fe/c1-32-27-25-16-23-12-10-21(30-23)14-19-8-7-18(28-19)13-20-9-11-22(29-20)15-24(31-25)26(27)17-5-3-2-4-6-17;/h2-16,30-31H,1H3;. The molecular formula is C27H20FeN4O. The zero-order valence-electron chi connectivity index (χ0n) is 17.8. The number of rotatable bonds is 2. The molecule has 5 heterocycles. The number of hydrogen-bond donors (Lipinski definition) is 2. The molecule has 0 saturated carbocycles. The zero-order valence-corrected chi connectivity index (χ0v) is 18.9. The number of aromatic nitrogens is 4. The third-order valence-corrected chi connectivity index (χ3v) is 5.57. The molecule has 4 aromatic rings. The molecule has 0 atom stereocenters. The van der Waals surface area contributed by atoms with Crippen molar-refractivity contribution in [2.75, 3.05) is 7.11 Å². The van der Waals surface area contributed by atoms with Gasteiger partial charge in [0.1, 0.15) is 0 Å². The molecule has 2 N–H and O–H groups in total. The number of ether oxygens (including phenoxy) is 1. The molecule has 6 rings (SSSR count). The van der Waals surface area contributed by atoms with Crippen LogP contribution in [-0.4, -0.2) is 27.0 Å². The van der Waals surface area contributed by atoms with E-state index in [0.29, 0.717) is 0 Å². The van der Waals surface area contributed by atoms with Gasteiger partial charge in [0.05, 0.1) is 40.9 Å². The van der Waals surface area contributed by atoms with Crippen LogP contribution in [0.25, 0.3) is 57.5 Å². The molecular weight excluding hydrogens is 452 g/mol. The summed E-state index contributed by atoms with van der Waals surface area (Å²) in [7, 11) is 1.71. The van der Waals surface area contributed by atoms with E-state index in [1.165, 1.54) is 0 Å². The van der Waals surface area contributed by atoms with Crippen LogP contribution in [0.5, 0.6) is 5.75 Å². The van der Waals surface area contributed by atoms with Gasteiger partial charge < -0.3 is 14.7 Å². The van der Waals surface area contributed by atoms with Crippen LogP contribution in [0.1, 0.15) is 22.8 Å². The van der Waals surface area contributed by atoms with Crippen molar-refractivity contribution in [2.24, 2.45) is 0 Å². The number of H-pyrrole nitrogens is 2. The van der Waals surface area contributed by atoms with Gasteiger partial charge in [0.2, 0.25) is 0 Å². The first-order chi connectivity index (χ1) is 15.7. The Morgan fingerprint density at radius 1 is 0.636 bits per heavy atom. The Kier molecular flexibility index (Phi) is 5.46. The fourth-order valence-corrected chi connectivity index (χ4v) is 4.16. The third kappa shape index (κ3) is 4.02. The smallest absolute Gasteiger partial charge is 0.152 e. The number of nitrogens with one attached hydrogen (secondary N) is 2. The Morgan fingerprint density at radius 3 is 1.91 bits per heavy atom. The normalized spacial score (nSPS) is 11.9. The number of fused-ring (bicyclic) bond motifs is 8. The minimum Gasteiger partial charge on any atom is -0.494 e. The fourth-order valence-electron chi connectivity index (χ4n) is 4.16. The molecule has 8 bridgehead atoms. The Morgan fingerprint density at radius 2 is 1.24 bits per heavy atom. The van der Waals surface area contributed by atoms with Gasteiger partial charge in [-0.3, -0.25) is 0 Å². The molecule has 0 saturated heterocycles. The minimum atomic E-state index is 0. The van der Waals surface area contributed by atoms with Gasteiger partial charge in [0.15, 0.2) is 5.75 Å². The van der Waals surface area contributed by atoms with Gasteiger partial charge in [-0.15, -0.1) is 0 Å². The van der Waals surface area contributed by atoms with Gasteiger partial charge in [0, 0.05) is 33.7 Å². The van der Waals surface area contributed by atoms with Crippen LogP contribution < -0.4 is 4.74 Å². The van der Waals surface area contributed by atoms with Crippen molar-refractivity contribution in [1.82, 2.24) is 19.9 Å². The summed E-state index contributed by atoms with van der Waals surface area (Å²) in [5.41, 5.74) is 9.44. The summed E-state index contributed by atoms with van der Waals surface area (Å²) in [5, 5.41) is 0. The summed E-state index contributed by atoms with van der Waals surface area (Å²) in [5.74, 6) is 0.798. The second-order valence-corrected chi connectivity index (χ2v) is 7.76. The molecule has 0 amide bonds. The Labute approximate surface area is 201 Å². The van der Waals surface area contributed by atoms with E-state index in [2.05, 4.69) is 45.3 Å². The maximum Gasteiger partial charge on any atom is 0.152 e. The SMILES string of the molecule is COc1c(-c2ccccc2)c2cc3nc(cc4nc(cc5ccc(cc1[nH]2)[nH]5)C=C4)C=C3.[Fe]. The van der Waals surface area contributed by atoms with Crippen LogP contribution in [0.4, 0.5) is 0 Å². The quantitative estimate of drug-likeness (QED) is 0.290.